The van der Waals surface area contributed by atoms with Gasteiger partial charge in [-0.05, 0) is 81.7 Å². The fourth-order valence-electron chi connectivity index (χ4n) is 4.18. The quantitative estimate of drug-likeness (QED) is 0.399. The second-order valence-electron chi connectivity index (χ2n) is 10.8. The number of benzene rings is 1. The van der Waals surface area contributed by atoms with E-state index in [-0.39, 0.29) is 18.4 Å². The largest absolute Gasteiger partial charge is 0.444 e. The van der Waals surface area contributed by atoms with Crippen LogP contribution in [0.15, 0.2) is 60.8 Å². The van der Waals surface area contributed by atoms with Gasteiger partial charge < -0.3 is 19.9 Å². The van der Waals surface area contributed by atoms with E-state index in [0.29, 0.717) is 13.1 Å². The van der Waals surface area contributed by atoms with E-state index >= 15 is 0 Å². The molecule has 3 heterocycles. The monoisotopic (exact) mass is 532 g/mol. The average Bonchev–Trinajstić information content (AvgIpc) is 3.32. The highest BCUT2D eigenvalue weighted by Crippen LogP contribution is 2.33. The van der Waals surface area contributed by atoms with Crippen molar-refractivity contribution < 1.29 is 14.3 Å². The van der Waals surface area contributed by atoms with Crippen LogP contribution in [0.25, 0.3) is 16.0 Å². The lowest BCUT2D eigenvalue weighted by molar-refractivity contribution is -0.115. The zero-order chi connectivity index (χ0) is 27.3. The van der Waals surface area contributed by atoms with Gasteiger partial charge in [-0.3, -0.25) is 9.78 Å². The van der Waals surface area contributed by atoms with Crippen LogP contribution in [0.3, 0.4) is 0 Å². The van der Waals surface area contributed by atoms with Crippen molar-refractivity contribution in [1.29, 1.82) is 0 Å². The molecular weight excluding hydrogens is 496 g/mol. The molecule has 38 heavy (non-hydrogen) atoms. The molecule has 0 atom stereocenters. The van der Waals surface area contributed by atoms with Crippen LogP contribution in [0.5, 0.6) is 0 Å². The average molecular weight is 533 g/mol. The molecule has 1 aliphatic rings. The molecule has 200 valence electrons. The van der Waals surface area contributed by atoms with Crippen LogP contribution in [0.4, 0.5) is 9.80 Å². The first-order chi connectivity index (χ1) is 18.1. The number of hydrogen-bond acceptors (Lipinski definition) is 6. The highest BCUT2D eigenvalue weighted by Gasteiger charge is 2.23. The molecule has 1 aliphatic heterocycles. The standard InChI is InChI=1S/C30H36N4O3S/c1-30(2,3)37-29(36)34-16-14-23(15-17-34)22-7-9-24(10-8-22)26-12-13-28(38-26)32-27(35)18-21-6-11-25(31-19-21)20-33(4)5/h6-14,19H,15-18,20H2,1-5H3,(H,32,35). The van der Waals surface area contributed by atoms with Gasteiger partial charge in [0.2, 0.25) is 5.91 Å². The molecule has 0 fully saturated rings. The van der Waals surface area contributed by atoms with Gasteiger partial charge in [0.25, 0.3) is 0 Å². The van der Waals surface area contributed by atoms with E-state index in [1.807, 2.05) is 59.1 Å². The third-order valence-corrected chi connectivity index (χ3v) is 7.05. The zero-order valence-electron chi connectivity index (χ0n) is 22.8. The van der Waals surface area contributed by atoms with E-state index in [1.165, 1.54) is 5.57 Å². The van der Waals surface area contributed by atoms with Crippen molar-refractivity contribution in [1.82, 2.24) is 14.8 Å². The van der Waals surface area contributed by atoms with Crippen LogP contribution >= 0.6 is 11.3 Å². The summed E-state index contributed by atoms with van der Waals surface area (Å²) in [4.78, 5) is 34.2. The number of pyridine rings is 1. The minimum atomic E-state index is -0.489. The summed E-state index contributed by atoms with van der Waals surface area (Å²) in [5.41, 5.74) is 4.88. The molecule has 7 nitrogen and oxygen atoms in total. The van der Waals surface area contributed by atoms with Crippen molar-refractivity contribution in [2.75, 3.05) is 32.5 Å². The maximum Gasteiger partial charge on any atom is 0.410 e. The molecule has 2 aromatic heterocycles. The van der Waals surface area contributed by atoms with E-state index in [2.05, 4.69) is 45.5 Å². The van der Waals surface area contributed by atoms with Crippen LogP contribution < -0.4 is 5.32 Å². The molecule has 0 radical (unpaired) electrons. The van der Waals surface area contributed by atoms with Gasteiger partial charge in [-0.25, -0.2) is 4.79 Å². The summed E-state index contributed by atoms with van der Waals surface area (Å²) in [7, 11) is 4.01. The van der Waals surface area contributed by atoms with Crippen molar-refractivity contribution >= 4 is 33.9 Å². The predicted molar refractivity (Wildman–Crippen MR) is 154 cm³/mol. The van der Waals surface area contributed by atoms with Gasteiger partial charge in [-0.2, -0.15) is 0 Å². The zero-order valence-corrected chi connectivity index (χ0v) is 23.6. The molecular formula is C30H36N4O3S. The number of amides is 2. The number of aromatic nitrogens is 1. The Hall–Kier alpha value is -3.49. The summed E-state index contributed by atoms with van der Waals surface area (Å²) >= 11 is 1.56. The van der Waals surface area contributed by atoms with E-state index in [0.717, 1.165) is 45.2 Å². The Balaban J connectivity index is 1.31. The summed E-state index contributed by atoms with van der Waals surface area (Å²) in [5.74, 6) is -0.0550. The maximum absolute atomic E-state index is 12.6. The van der Waals surface area contributed by atoms with Crippen molar-refractivity contribution in [2.24, 2.45) is 0 Å². The van der Waals surface area contributed by atoms with Crippen LogP contribution in [0.2, 0.25) is 0 Å². The summed E-state index contributed by atoms with van der Waals surface area (Å²) < 4.78 is 5.48. The summed E-state index contributed by atoms with van der Waals surface area (Å²) in [5, 5.41) is 3.83. The third-order valence-electron chi connectivity index (χ3n) is 6.00. The van der Waals surface area contributed by atoms with Crippen molar-refractivity contribution in [2.45, 2.75) is 45.8 Å². The highest BCUT2D eigenvalue weighted by molar-refractivity contribution is 7.19. The van der Waals surface area contributed by atoms with Gasteiger partial charge in [0.05, 0.1) is 17.1 Å². The Morgan fingerprint density at radius 2 is 1.79 bits per heavy atom. The minimum absolute atomic E-state index is 0.0550. The Bertz CT molecular complexity index is 1290. The number of hydrogen-bond donors (Lipinski definition) is 1. The van der Waals surface area contributed by atoms with E-state index in [9.17, 15) is 9.59 Å². The first-order valence-corrected chi connectivity index (χ1v) is 13.6. The lowest BCUT2D eigenvalue weighted by atomic mass is 9.98. The topological polar surface area (TPSA) is 74.8 Å². The molecule has 0 unspecified atom stereocenters. The number of nitrogens with one attached hydrogen (secondary N) is 1. The minimum Gasteiger partial charge on any atom is -0.444 e. The molecule has 0 aliphatic carbocycles. The van der Waals surface area contributed by atoms with Crippen LogP contribution in [0.1, 0.15) is 44.0 Å². The van der Waals surface area contributed by atoms with Crippen LogP contribution in [-0.2, 0) is 22.5 Å². The van der Waals surface area contributed by atoms with E-state index < -0.39 is 5.60 Å². The Kier molecular flexibility index (Phi) is 8.64. The number of nitrogens with zero attached hydrogens (tertiary/aromatic N) is 3. The number of carbonyl (C=O) groups excluding carboxylic acids is 2. The molecule has 0 saturated carbocycles. The van der Waals surface area contributed by atoms with Crippen molar-refractivity contribution in [3.63, 3.8) is 0 Å². The van der Waals surface area contributed by atoms with Gasteiger partial charge in [0.15, 0.2) is 0 Å². The van der Waals surface area contributed by atoms with E-state index in [1.54, 1.807) is 22.4 Å². The lowest BCUT2D eigenvalue weighted by Gasteiger charge is -2.29. The second-order valence-corrected chi connectivity index (χ2v) is 11.9. The smallest absolute Gasteiger partial charge is 0.410 e. The predicted octanol–water partition coefficient (Wildman–Crippen LogP) is 6.08. The van der Waals surface area contributed by atoms with Crippen LogP contribution in [0, 0.1) is 0 Å². The fraction of sp³-hybridized carbons (Fsp3) is 0.367. The number of rotatable bonds is 7. The molecule has 3 aromatic rings. The van der Waals surface area contributed by atoms with E-state index in [4.69, 9.17) is 4.74 Å². The van der Waals surface area contributed by atoms with Gasteiger partial charge in [-0.15, -0.1) is 11.3 Å². The lowest BCUT2D eigenvalue weighted by Crippen LogP contribution is -2.39. The second kappa shape index (κ2) is 11.9. The molecule has 0 saturated heterocycles. The molecule has 0 bridgehead atoms. The number of ether oxygens (including phenoxy) is 1. The van der Waals surface area contributed by atoms with Crippen molar-refractivity contribution in [3.8, 4) is 10.4 Å². The van der Waals surface area contributed by atoms with Gasteiger partial charge >= 0.3 is 6.09 Å². The molecule has 0 spiro atoms. The van der Waals surface area contributed by atoms with Gasteiger partial charge in [-0.1, -0.05) is 36.4 Å². The SMILES string of the molecule is CN(C)Cc1ccc(CC(=O)Nc2ccc(-c3ccc(C4=CCN(C(=O)OC(C)(C)C)CC4)cc3)s2)cn1. The third kappa shape index (κ3) is 7.76. The Morgan fingerprint density at radius 3 is 2.39 bits per heavy atom. The Labute approximate surface area is 229 Å². The maximum atomic E-state index is 12.6. The first kappa shape index (κ1) is 27.5. The number of carbonyl (C=O) groups is 2. The van der Waals surface area contributed by atoms with Gasteiger partial charge in [0, 0.05) is 30.7 Å². The molecule has 2 amide bonds. The fourth-order valence-corrected chi connectivity index (χ4v) is 5.10. The summed E-state index contributed by atoms with van der Waals surface area (Å²) in [6.45, 7) is 7.61. The molecule has 8 heteroatoms. The molecule has 1 aromatic carbocycles. The normalized spacial score (nSPS) is 13.8. The van der Waals surface area contributed by atoms with Crippen molar-refractivity contribution in [3.05, 3.63) is 77.6 Å². The number of anilines is 1. The molecule has 1 N–H and O–H groups in total. The first-order valence-electron chi connectivity index (χ1n) is 12.8. The molecule has 4 rings (SSSR count). The number of thiophene rings is 1. The van der Waals surface area contributed by atoms with Crippen LogP contribution in [-0.4, -0.2) is 59.6 Å². The summed E-state index contributed by atoms with van der Waals surface area (Å²) in [6.07, 6.45) is 4.70. The van der Waals surface area contributed by atoms with Gasteiger partial charge in [0.1, 0.15) is 5.60 Å². The summed E-state index contributed by atoms with van der Waals surface area (Å²) in [6, 6.07) is 16.4. The Morgan fingerprint density at radius 1 is 1.05 bits per heavy atom. The highest BCUT2D eigenvalue weighted by atomic mass is 32.1.